The van der Waals surface area contributed by atoms with E-state index in [0.717, 1.165) is 23.6 Å². The second kappa shape index (κ2) is 6.52. The summed E-state index contributed by atoms with van der Waals surface area (Å²) in [5, 5.41) is 12.0. The van der Waals surface area contributed by atoms with Gasteiger partial charge in [0.1, 0.15) is 0 Å². The molecule has 0 fully saturated rings. The Bertz CT molecular complexity index is 481. The molecule has 1 N–H and O–H groups in total. The lowest BCUT2D eigenvalue weighted by Gasteiger charge is -1.98. The molecular weight excluding hydrogens is 250 g/mol. The van der Waals surface area contributed by atoms with Crippen molar-refractivity contribution >= 4 is 11.6 Å². The van der Waals surface area contributed by atoms with Gasteiger partial charge in [0.25, 0.3) is 0 Å². The summed E-state index contributed by atoms with van der Waals surface area (Å²) in [7, 11) is 0. The number of hydrogen-bond donors (Lipinski definition) is 1. The predicted octanol–water partition coefficient (Wildman–Crippen LogP) is 2.81. The van der Waals surface area contributed by atoms with E-state index in [-0.39, 0.29) is 0 Å². The molecule has 18 heavy (non-hydrogen) atoms. The number of aromatic nitrogens is 2. The summed E-state index contributed by atoms with van der Waals surface area (Å²) in [6.45, 7) is 3.70. The van der Waals surface area contributed by atoms with Crippen LogP contribution in [0.25, 0.3) is 0 Å². The maximum atomic E-state index is 5.83. The largest absolute Gasteiger partial charge is 0.424 e. The van der Waals surface area contributed by atoms with E-state index in [2.05, 4.69) is 22.4 Å². The van der Waals surface area contributed by atoms with Gasteiger partial charge in [0.2, 0.25) is 11.8 Å². The molecule has 0 bridgehead atoms. The summed E-state index contributed by atoms with van der Waals surface area (Å²) in [6, 6.07) is 7.64. The Morgan fingerprint density at radius 1 is 1.17 bits per heavy atom. The van der Waals surface area contributed by atoms with Crippen LogP contribution >= 0.6 is 11.6 Å². The molecule has 0 spiro atoms. The third-order valence-electron chi connectivity index (χ3n) is 2.48. The zero-order valence-corrected chi connectivity index (χ0v) is 11.1. The molecule has 0 unspecified atom stereocenters. The smallest absolute Gasteiger partial charge is 0.230 e. The third kappa shape index (κ3) is 3.82. The minimum absolute atomic E-state index is 0.626. The van der Waals surface area contributed by atoms with Crippen molar-refractivity contribution < 1.29 is 4.42 Å². The van der Waals surface area contributed by atoms with Crippen LogP contribution in [0.3, 0.4) is 0 Å². The lowest BCUT2D eigenvalue weighted by atomic mass is 10.1. The van der Waals surface area contributed by atoms with Crippen molar-refractivity contribution in [1.82, 2.24) is 15.5 Å². The summed E-state index contributed by atoms with van der Waals surface area (Å²) in [4.78, 5) is 0. The van der Waals surface area contributed by atoms with Crippen molar-refractivity contribution in [3.8, 4) is 0 Å². The number of benzene rings is 1. The fourth-order valence-electron chi connectivity index (χ4n) is 1.58. The number of hydrogen-bond acceptors (Lipinski definition) is 4. The average Bonchev–Trinajstić information content (AvgIpc) is 2.80. The van der Waals surface area contributed by atoms with Crippen LogP contribution in [0.1, 0.15) is 30.7 Å². The first-order valence-corrected chi connectivity index (χ1v) is 6.42. The van der Waals surface area contributed by atoms with Gasteiger partial charge in [-0.15, -0.1) is 10.2 Å². The molecular formula is C13H16ClN3O. The average molecular weight is 266 g/mol. The maximum absolute atomic E-state index is 5.83. The van der Waals surface area contributed by atoms with Crippen LogP contribution in [0.15, 0.2) is 28.7 Å². The molecule has 4 nitrogen and oxygen atoms in total. The molecule has 2 aromatic rings. The van der Waals surface area contributed by atoms with E-state index in [9.17, 15) is 0 Å². The van der Waals surface area contributed by atoms with Crippen LogP contribution in [-0.2, 0) is 13.0 Å². The predicted molar refractivity (Wildman–Crippen MR) is 70.6 cm³/mol. The van der Waals surface area contributed by atoms with Crippen molar-refractivity contribution in [2.45, 2.75) is 26.3 Å². The van der Waals surface area contributed by atoms with Gasteiger partial charge in [-0.1, -0.05) is 30.7 Å². The van der Waals surface area contributed by atoms with Gasteiger partial charge in [0, 0.05) is 5.02 Å². The summed E-state index contributed by atoms with van der Waals surface area (Å²) in [6.07, 6.45) is 1.73. The number of nitrogens with one attached hydrogen (secondary N) is 1. The Labute approximate surface area is 111 Å². The molecule has 0 atom stereocenters. The maximum Gasteiger partial charge on any atom is 0.230 e. The molecule has 0 amide bonds. The Kier molecular flexibility index (Phi) is 4.73. The highest BCUT2D eigenvalue weighted by molar-refractivity contribution is 6.30. The Morgan fingerprint density at radius 3 is 2.61 bits per heavy atom. The number of rotatable bonds is 6. The molecule has 0 radical (unpaired) electrons. The zero-order chi connectivity index (χ0) is 12.8. The van der Waals surface area contributed by atoms with Gasteiger partial charge in [-0.25, -0.2) is 0 Å². The van der Waals surface area contributed by atoms with Gasteiger partial charge in [0.05, 0.1) is 13.0 Å². The van der Waals surface area contributed by atoms with Crippen molar-refractivity contribution in [3.05, 3.63) is 46.6 Å². The molecule has 0 aliphatic heterocycles. The molecule has 96 valence electrons. The molecule has 5 heteroatoms. The number of nitrogens with zero attached hydrogens (tertiary/aromatic N) is 2. The first-order chi connectivity index (χ1) is 8.78. The summed E-state index contributed by atoms with van der Waals surface area (Å²) < 4.78 is 5.55. The molecule has 0 aliphatic carbocycles. The quantitative estimate of drug-likeness (QED) is 0.816. The van der Waals surface area contributed by atoms with Gasteiger partial charge in [0.15, 0.2) is 0 Å². The summed E-state index contributed by atoms with van der Waals surface area (Å²) in [5.74, 6) is 1.26. The van der Waals surface area contributed by atoms with Gasteiger partial charge < -0.3 is 9.73 Å². The summed E-state index contributed by atoms with van der Waals surface area (Å²) in [5.41, 5.74) is 1.11. The first-order valence-electron chi connectivity index (χ1n) is 6.04. The molecule has 0 saturated carbocycles. The monoisotopic (exact) mass is 265 g/mol. The highest BCUT2D eigenvalue weighted by Gasteiger charge is 2.06. The van der Waals surface area contributed by atoms with Crippen LogP contribution in [0.2, 0.25) is 5.02 Å². The number of halogens is 1. The Morgan fingerprint density at radius 2 is 1.89 bits per heavy atom. The topological polar surface area (TPSA) is 51.0 Å². The SMILES string of the molecule is CCCNCc1nnc(Cc2ccc(Cl)cc2)o1. The van der Waals surface area contributed by atoms with Crippen LogP contribution in [0.5, 0.6) is 0 Å². The van der Waals surface area contributed by atoms with E-state index < -0.39 is 0 Å². The molecule has 1 aromatic carbocycles. The molecule has 0 aliphatic rings. The van der Waals surface area contributed by atoms with E-state index in [1.165, 1.54) is 0 Å². The van der Waals surface area contributed by atoms with Crippen LogP contribution in [0, 0.1) is 0 Å². The zero-order valence-electron chi connectivity index (χ0n) is 10.3. The molecule has 1 aromatic heterocycles. The van der Waals surface area contributed by atoms with E-state index >= 15 is 0 Å². The van der Waals surface area contributed by atoms with E-state index in [1.54, 1.807) is 0 Å². The lowest BCUT2D eigenvalue weighted by molar-refractivity contribution is 0.439. The van der Waals surface area contributed by atoms with Crippen molar-refractivity contribution in [2.75, 3.05) is 6.54 Å². The summed E-state index contributed by atoms with van der Waals surface area (Å²) >= 11 is 5.83. The van der Waals surface area contributed by atoms with E-state index in [4.69, 9.17) is 16.0 Å². The van der Waals surface area contributed by atoms with E-state index in [0.29, 0.717) is 24.7 Å². The fourth-order valence-corrected chi connectivity index (χ4v) is 1.71. The van der Waals surface area contributed by atoms with E-state index in [1.807, 2.05) is 24.3 Å². The minimum Gasteiger partial charge on any atom is -0.424 e. The highest BCUT2D eigenvalue weighted by Crippen LogP contribution is 2.13. The second-order valence-corrected chi connectivity index (χ2v) is 4.51. The Hall–Kier alpha value is -1.39. The van der Waals surface area contributed by atoms with Gasteiger partial charge >= 0.3 is 0 Å². The normalized spacial score (nSPS) is 10.8. The Balaban J connectivity index is 1.91. The first kappa shape index (κ1) is 13.1. The van der Waals surface area contributed by atoms with Crippen molar-refractivity contribution in [1.29, 1.82) is 0 Å². The molecule has 1 heterocycles. The van der Waals surface area contributed by atoms with Crippen LogP contribution < -0.4 is 5.32 Å². The van der Waals surface area contributed by atoms with Gasteiger partial charge in [-0.05, 0) is 30.7 Å². The third-order valence-corrected chi connectivity index (χ3v) is 2.73. The van der Waals surface area contributed by atoms with Gasteiger partial charge in [-0.3, -0.25) is 0 Å². The molecule has 2 rings (SSSR count). The van der Waals surface area contributed by atoms with Crippen LogP contribution in [0.4, 0.5) is 0 Å². The highest BCUT2D eigenvalue weighted by atomic mass is 35.5. The van der Waals surface area contributed by atoms with Crippen LogP contribution in [-0.4, -0.2) is 16.7 Å². The van der Waals surface area contributed by atoms with Crippen molar-refractivity contribution in [3.63, 3.8) is 0 Å². The standard InChI is InChI=1S/C13H16ClN3O/c1-2-7-15-9-13-17-16-12(18-13)8-10-3-5-11(14)6-4-10/h3-6,15H,2,7-9H2,1H3. The van der Waals surface area contributed by atoms with Crippen molar-refractivity contribution in [2.24, 2.45) is 0 Å². The van der Waals surface area contributed by atoms with Gasteiger partial charge in [-0.2, -0.15) is 0 Å². The molecule has 0 saturated heterocycles. The lowest BCUT2D eigenvalue weighted by Crippen LogP contribution is -2.13. The second-order valence-electron chi connectivity index (χ2n) is 4.07. The fraction of sp³-hybridized carbons (Fsp3) is 0.385. The minimum atomic E-state index is 0.626.